The molecule has 3 aliphatic rings. The first-order valence-electron chi connectivity index (χ1n) is 31.2. The van der Waals surface area contributed by atoms with Crippen LogP contribution in [0.4, 0.5) is 23.0 Å². The van der Waals surface area contributed by atoms with E-state index in [1.165, 1.54) is 36.8 Å². The summed E-state index contributed by atoms with van der Waals surface area (Å²) in [6.45, 7) is 39.0. The number of para-hydroxylation sites is 2. The predicted molar refractivity (Wildman–Crippen MR) is 373 cm³/mol. The van der Waals surface area contributed by atoms with Crippen LogP contribution in [0.15, 0.2) is 147 Å². The predicted octanol–water partition coefficient (Wildman–Crippen LogP) is 17.7. The third-order valence-electron chi connectivity index (χ3n) is 19.8. The Balaban J connectivity index is 0.000000141. The van der Waals surface area contributed by atoms with Crippen molar-refractivity contribution in [3.8, 4) is 11.1 Å². The standard InChI is InChI=1S/C32H37N5Si.C22H37BN2O2Si.C16H12IN3/c1-21(2)38(22(3)4,23(5)6)37-16-14-26-17-27(19-33-31(26)37)25-11-12-29-28(18-25)32(35-20-34-29)36-15-13-24-9-7-8-10-30(24)36;1-15(2)28(16(3)4,17(5)6)25-12-11-18-13-19(14-24-20(18)25)23-26-21(7,8)22(9,10)27-23;17-12-5-6-14-13(9-12)16(19-10-18-14)20-8-7-11-3-1-2-4-15(11)20/h7-12,14,16-23H,13,15H2,1-6H3;11-17H,1-10H3;1-6,9-10H,7-8H2. The highest BCUT2D eigenvalue weighted by Crippen LogP contribution is 2.47. The molecular formula is C70H86BIN10O2Si2. The maximum Gasteiger partial charge on any atom is 0.496 e. The lowest BCUT2D eigenvalue weighted by molar-refractivity contribution is 0.00578. The Labute approximate surface area is 526 Å². The maximum absolute atomic E-state index is 6.23. The molecule has 86 heavy (non-hydrogen) atoms. The van der Waals surface area contributed by atoms with E-state index in [-0.39, 0.29) is 18.3 Å². The summed E-state index contributed by atoms with van der Waals surface area (Å²) in [7, 11) is -4.06. The van der Waals surface area contributed by atoms with E-state index in [2.05, 4.69) is 294 Å². The number of hydrogen-bond donors (Lipinski definition) is 0. The van der Waals surface area contributed by atoms with Crippen molar-refractivity contribution in [2.24, 2.45) is 0 Å². The van der Waals surface area contributed by atoms with E-state index in [0.29, 0.717) is 33.2 Å². The summed E-state index contributed by atoms with van der Waals surface area (Å²) in [5.74, 6) is 1.99. The van der Waals surface area contributed by atoms with Crippen LogP contribution in [0.1, 0.15) is 122 Å². The minimum absolute atomic E-state index is 0.340. The SMILES string of the molecule is CC(C)[Si](C(C)C)(C(C)C)n1ccc2cc(-c3ccc4ncnc(N5CCc6ccccc65)c4c3)cnc21.CC(C)[Si](C(C)C)(C(C)C)n1ccc2cc(B3OC(C)(C)C(C)(C)O3)cnc21.Ic1ccc2ncnc(N3CCc4ccccc43)c2c1. The second-order valence-corrected chi connectivity index (χ2v) is 39.5. The number of hydrogen-bond acceptors (Lipinski definition) is 10. The van der Waals surface area contributed by atoms with Gasteiger partial charge >= 0.3 is 7.12 Å². The van der Waals surface area contributed by atoms with E-state index in [1.54, 1.807) is 12.7 Å². The number of fused-ring (bicyclic) bond motifs is 6. The van der Waals surface area contributed by atoms with Gasteiger partial charge in [0.25, 0.3) is 0 Å². The van der Waals surface area contributed by atoms with Crippen molar-refractivity contribution in [3.05, 3.63) is 161 Å². The normalized spacial score (nSPS) is 15.7. The Morgan fingerprint density at radius 1 is 0.477 bits per heavy atom. The molecule has 4 aromatic carbocycles. The van der Waals surface area contributed by atoms with Crippen molar-refractivity contribution in [2.75, 3.05) is 22.9 Å². The zero-order valence-electron chi connectivity index (χ0n) is 53.4. The van der Waals surface area contributed by atoms with Gasteiger partial charge in [-0.15, -0.1) is 0 Å². The molecule has 10 aromatic rings. The Morgan fingerprint density at radius 2 is 0.919 bits per heavy atom. The van der Waals surface area contributed by atoms with Crippen molar-refractivity contribution >= 4 is 119 Å². The first kappa shape index (κ1) is 61.3. The summed E-state index contributed by atoms with van der Waals surface area (Å²) >= 11 is 2.33. The van der Waals surface area contributed by atoms with Crippen molar-refractivity contribution in [1.82, 2.24) is 38.4 Å². The molecule has 0 atom stereocenters. The van der Waals surface area contributed by atoms with Crippen LogP contribution >= 0.6 is 22.6 Å². The number of benzene rings is 4. The lowest BCUT2D eigenvalue weighted by Gasteiger charge is -2.44. The van der Waals surface area contributed by atoms with Crippen molar-refractivity contribution in [2.45, 2.75) is 168 Å². The molecule has 13 rings (SSSR count). The molecule has 6 aromatic heterocycles. The van der Waals surface area contributed by atoms with Gasteiger partial charge in [-0.2, -0.15) is 0 Å². The van der Waals surface area contributed by atoms with Crippen LogP contribution in [0.25, 0.3) is 55.0 Å². The van der Waals surface area contributed by atoms with Gasteiger partial charge in [-0.25, -0.2) is 29.9 Å². The second-order valence-electron chi connectivity index (χ2n) is 26.8. The third kappa shape index (κ3) is 10.7. The molecule has 3 aliphatic heterocycles. The van der Waals surface area contributed by atoms with Crippen molar-refractivity contribution in [1.29, 1.82) is 0 Å². The molecule has 0 unspecified atom stereocenters. The number of aromatic nitrogens is 8. The number of pyridine rings is 2. The highest BCUT2D eigenvalue weighted by atomic mass is 127. The summed E-state index contributed by atoms with van der Waals surface area (Å²) in [6, 6.07) is 39.0. The molecule has 0 spiro atoms. The zero-order chi connectivity index (χ0) is 61.2. The molecule has 446 valence electrons. The largest absolute Gasteiger partial charge is 0.496 e. The summed E-state index contributed by atoms with van der Waals surface area (Å²) in [5.41, 5.74) is 15.8. The molecule has 9 heterocycles. The molecule has 0 saturated carbocycles. The van der Waals surface area contributed by atoms with Crippen LogP contribution in [-0.2, 0) is 22.2 Å². The minimum Gasteiger partial charge on any atom is -0.399 e. The van der Waals surface area contributed by atoms with Gasteiger partial charge in [0.05, 0.1) is 22.2 Å². The molecular weight excluding hydrogens is 1210 g/mol. The molecule has 0 amide bonds. The van der Waals surface area contributed by atoms with Gasteiger partial charge in [0, 0.05) is 73.0 Å². The van der Waals surface area contributed by atoms with E-state index in [0.717, 1.165) is 87.3 Å². The number of halogens is 1. The summed E-state index contributed by atoms with van der Waals surface area (Å²) in [6.07, 6.45) is 14.0. The third-order valence-corrected chi connectivity index (χ3v) is 34.0. The maximum atomic E-state index is 6.23. The van der Waals surface area contributed by atoms with E-state index in [4.69, 9.17) is 24.3 Å². The Morgan fingerprint density at radius 3 is 1.41 bits per heavy atom. The first-order valence-corrected chi connectivity index (χ1v) is 36.6. The van der Waals surface area contributed by atoms with Gasteiger partial charge in [-0.3, -0.25) is 0 Å². The van der Waals surface area contributed by atoms with Crippen LogP contribution in [0, 0.1) is 3.57 Å². The first-order chi connectivity index (χ1) is 41.0. The Hall–Kier alpha value is -6.31. The van der Waals surface area contributed by atoms with E-state index >= 15 is 0 Å². The highest BCUT2D eigenvalue weighted by molar-refractivity contribution is 14.1. The van der Waals surface area contributed by atoms with Gasteiger partial charge in [0.2, 0.25) is 0 Å². The summed E-state index contributed by atoms with van der Waals surface area (Å²) in [5, 5.41) is 4.58. The monoisotopic (exact) mass is 1290 g/mol. The van der Waals surface area contributed by atoms with E-state index in [9.17, 15) is 0 Å². The molecule has 0 bridgehead atoms. The lowest BCUT2D eigenvalue weighted by atomic mass is 9.80. The van der Waals surface area contributed by atoms with Gasteiger partial charge in [0.1, 0.15) is 35.6 Å². The van der Waals surface area contributed by atoms with Crippen molar-refractivity contribution < 1.29 is 9.31 Å². The molecule has 0 radical (unpaired) electrons. The second kappa shape index (κ2) is 24.0. The van der Waals surface area contributed by atoms with Gasteiger partial charge in [0.15, 0.2) is 16.5 Å². The molecule has 0 N–H and O–H groups in total. The lowest BCUT2D eigenvalue weighted by Crippen LogP contribution is -2.51. The Bertz CT molecular complexity index is 4040. The van der Waals surface area contributed by atoms with Gasteiger partial charge < -0.3 is 27.6 Å². The fraction of sp³-hybridized carbons (Fsp3) is 0.400. The van der Waals surface area contributed by atoms with Crippen LogP contribution in [0.5, 0.6) is 0 Å². The summed E-state index contributed by atoms with van der Waals surface area (Å²) in [4.78, 5) is 32.9. The fourth-order valence-corrected chi connectivity index (χ4v) is 29.0. The number of anilines is 4. The number of nitrogens with zero attached hydrogens (tertiary/aromatic N) is 10. The number of rotatable bonds is 12. The zero-order valence-corrected chi connectivity index (χ0v) is 57.6. The van der Waals surface area contributed by atoms with Crippen LogP contribution < -0.4 is 15.3 Å². The molecule has 16 heteroatoms. The van der Waals surface area contributed by atoms with Crippen LogP contribution in [-0.4, -0.2) is 86.3 Å². The molecule has 1 saturated heterocycles. The van der Waals surface area contributed by atoms with E-state index in [1.807, 2.05) is 6.20 Å². The molecule has 12 nitrogen and oxygen atoms in total. The van der Waals surface area contributed by atoms with E-state index < -0.39 is 16.5 Å². The average Bonchev–Trinajstić information content (AvgIpc) is 1.69. The average molecular weight is 1290 g/mol. The van der Waals surface area contributed by atoms with Crippen LogP contribution in [0.2, 0.25) is 33.2 Å². The smallest absolute Gasteiger partial charge is 0.399 e. The minimum atomic E-state index is -1.87. The Kier molecular flexibility index (Phi) is 17.1. The quantitative estimate of drug-likeness (QED) is 0.0866. The fourth-order valence-electron chi connectivity index (χ4n) is 15.4. The molecule has 0 aliphatic carbocycles. The molecule has 1 fully saturated rings. The summed E-state index contributed by atoms with van der Waals surface area (Å²) < 4.78 is 18.8. The topological polar surface area (TPSA) is 112 Å². The van der Waals surface area contributed by atoms with Gasteiger partial charge in [-0.1, -0.05) is 126 Å². The van der Waals surface area contributed by atoms with Crippen molar-refractivity contribution in [3.63, 3.8) is 0 Å². The highest BCUT2D eigenvalue weighted by Gasteiger charge is 2.52. The van der Waals surface area contributed by atoms with Gasteiger partial charge in [-0.05, 0) is 192 Å². The van der Waals surface area contributed by atoms with Crippen LogP contribution in [0.3, 0.4) is 0 Å².